The Morgan fingerprint density at radius 3 is 2.82 bits per heavy atom. The largest absolute Gasteiger partial charge is 0.383 e. The highest BCUT2D eigenvalue weighted by Gasteiger charge is 2.23. The number of rotatable bonds is 9. The average Bonchev–Trinajstić information content (AvgIpc) is 3.12. The van der Waals surface area contributed by atoms with E-state index in [2.05, 4.69) is 16.3 Å². The van der Waals surface area contributed by atoms with Gasteiger partial charge < -0.3 is 10.1 Å². The third kappa shape index (κ3) is 6.93. The van der Waals surface area contributed by atoms with E-state index in [9.17, 15) is 4.79 Å². The summed E-state index contributed by atoms with van der Waals surface area (Å²) >= 11 is 0. The molecule has 0 aromatic heterocycles. The highest BCUT2D eigenvalue weighted by molar-refractivity contribution is 5.76. The Morgan fingerprint density at radius 2 is 2.24 bits per heavy atom. The first kappa shape index (κ1) is 13.9. The van der Waals surface area contributed by atoms with Gasteiger partial charge in [0.1, 0.15) is 0 Å². The summed E-state index contributed by atoms with van der Waals surface area (Å²) in [5, 5.41) is 11.5. The van der Waals surface area contributed by atoms with E-state index in [0.29, 0.717) is 38.6 Å². The Hall–Kier alpha value is -1.12. The van der Waals surface area contributed by atoms with Crippen LogP contribution in [-0.4, -0.2) is 50.2 Å². The number of carbonyl (C=O) groups is 1. The van der Waals surface area contributed by atoms with E-state index >= 15 is 0 Å². The van der Waals surface area contributed by atoms with Crippen molar-refractivity contribution < 1.29 is 9.53 Å². The molecular formula is C12H21N3O2. The van der Waals surface area contributed by atoms with Crippen molar-refractivity contribution in [2.75, 3.05) is 33.4 Å². The third-order valence-corrected chi connectivity index (χ3v) is 2.75. The fraction of sp³-hybridized carbons (Fsp3) is 0.833. The number of hydrogen-bond acceptors (Lipinski definition) is 4. The van der Waals surface area contributed by atoms with Crippen LogP contribution in [0.2, 0.25) is 0 Å². The molecule has 1 N–H and O–H groups in total. The quantitative estimate of drug-likeness (QED) is 0.637. The predicted molar refractivity (Wildman–Crippen MR) is 64.3 cm³/mol. The third-order valence-electron chi connectivity index (χ3n) is 2.75. The lowest BCUT2D eigenvalue weighted by atomic mass is 10.3. The summed E-state index contributed by atoms with van der Waals surface area (Å²) in [6.07, 6.45) is 3.24. The fourth-order valence-corrected chi connectivity index (χ4v) is 1.55. The first-order valence-electron chi connectivity index (χ1n) is 6.14. The fourth-order valence-electron chi connectivity index (χ4n) is 1.55. The highest BCUT2D eigenvalue weighted by atomic mass is 16.5. The monoisotopic (exact) mass is 239 g/mol. The average molecular weight is 239 g/mol. The minimum absolute atomic E-state index is 0.117. The predicted octanol–water partition coefficient (Wildman–Crippen LogP) is 0.517. The van der Waals surface area contributed by atoms with Crippen molar-refractivity contribution in [1.29, 1.82) is 5.26 Å². The Kier molecular flexibility index (Phi) is 6.60. The second-order valence-electron chi connectivity index (χ2n) is 4.33. The molecule has 0 saturated heterocycles. The van der Waals surface area contributed by atoms with Gasteiger partial charge in [0.25, 0.3) is 0 Å². The number of hydrogen-bond donors (Lipinski definition) is 1. The molecule has 0 heterocycles. The van der Waals surface area contributed by atoms with Gasteiger partial charge in [0.05, 0.1) is 12.7 Å². The van der Waals surface area contributed by atoms with Crippen molar-refractivity contribution in [3.8, 4) is 6.07 Å². The lowest BCUT2D eigenvalue weighted by molar-refractivity contribution is -0.121. The number of ether oxygens (including phenoxy) is 1. The number of carbonyl (C=O) groups excluding carboxylic acids is 1. The van der Waals surface area contributed by atoms with Gasteiger partial charge in [-0.2, -0.15) is 5.26 Å². The first-order chi connectivity index (χ1) is 8.26. The van der Waals surface area contributed by atoms with Gasteiger partial charge in [-0.3, -0.25) is 9.69 Å². The lowest BCUT2D eigenvalue weighted by Gasteiger charge is -2.20. The van der Waals surface area contributed by atoms with E-state index in [0.717, 1.165) is 19.4 Å². The minimum Gasteiger partial charge on any atom is -0.383 e. The van der Waals surface area contributed by atoms with Crippen LogP contribution in [0.4, 0.5) is 0 Å². The van der Waals surface area contributed by atoms with Crippen molar-refractivity contribution >= 4 is 5.91 Å². The molecule has 0 spiro atoms. The highest BCUT2D eigenvalue weighted by Crippen LogP contribution is 2.18. The minimum atomic E-state index is 0.117. The van der Waals surface area contributed by atoms with E-state index in [1.165, 1.54) is 0 Å². The summed E-state index contributed by atoms with van der Waals surface area (Å²) in [5.41, 5.74) is 0. The van der Waals surface area contributed by atoms with Crippen molar-refractivity contribution in [3.63, 3.8) is 0 Å². The van der Waals surface area contributed by atoms with Crippen molar-refractivity contribution in [1.82, 2.24) is 10.2 Å². The van der Waals surface area contributed by atoms with Crippen LogP contribution in [-0.2, 0) is 9.53 Å². The molecule has 5 nitrogen and oxygen atoms in total. The van der Waals surface area contributed by atoms with Crippen molar-refractivity contribution in [2.45, 2.75) is 31.7 Å². The summed E-state index contributed by atoms with van der Waals surface area (Å²) in [4.78, 5) is 13.6. The van der Waals surface area contributed by atoms with Crippen molar-refractivity contribution in [3.05, 3.63) is 0 Å². The SMILES string of the molecule is COCCN(CCC#N)CCC(=O)NC1CC1. The van der Waals surface area contributed by atoms with E-state index in [1.807, 2.05) is 0 Å². The molecule has 0 radical (unpaired) electrons. The second kappa shape index (κ2) is 8.04. The number of amides is 1. The molecule has 17 heavy (non-hydrogen) atoms. The zero-order valence-electron chi connectivity index (χ0n) is 10.4. The molecule has 0 aromatic carbocycles. The van der Waals surface area contributed by atoms with Gasteiger partial charge in [0.2, 0.25) is 5.91 Å². The van der Waals surface area contributed by atoms with Gasteiger partial charge in [0.15, 0.2) is 0 Å². The molecule has 0 unspecified atom stereocenters. The van der Waals surface area contributed by atoms with Gasteiger partial charge in [-0.25, -0.2) is 0 Å². The maximum atomic E-state index is 11.5. The van der Waals surface area contributed by atoms with Crippen LogP contribution < -0.4 is 5.32 Å². The summed E-state index contributed by atoms with van der Waals surface area (Å²) in [6.45, 7) is 2.81. The van der Waals surface area contributed by atoms with Gasteiger partial charge in [-0.05, 0) is 12.8 Å². The van der Waals surface area contributed by atoms with Crippen LogP contribution in [0.3, 0.4) is 0 Å². The maximum absolute atomic E-state index is 11.5. The van der Waals surface area contributed by atoms with E-state index in [4.69, 9.17) is 10.00 Å². The smallest absolute Gasteiger partial charge is 0.221 e. The standard InChI is InChI=1S/C12H21N3O2/c1-17-10-9-15(7-2-6-13)8-5-12(16)14-11-3-4-11/h11H,2-5,7-10H2,1H3,(H,14,16). The van der Waals surface area contributed by atoms with Gasteiger partial charge >= 0.3 is 0 Å². The normalized spacial score (nSPS) is 14.6. The second-order valence-corrected chi connectivity index (χ2v) is 4.33. The molecule has 1 aliphatic carbocycles. The zero-order valence-corrected chi connectivity index (χ0v) is 10.4. The first-order valence-corrected chi connectivity index (χ1v) is 6.14. The zero-order chi connectivity index (χ0) is 12.5. The number of methoxy groups -OCH3 is 1. The molecule has 96 valence electrons. The van der Waals surface area contributed by atoms with Crippen LogP contribution in [0, 0.1) is 11.3 Å². The molecule has 1 aliphatic rings. The molecule has 1 rings (SSSR count). The van der Waals surface area contributed by atoms with Crippen LogP contribution in [0.1, 0.15) is 25.7 Å². The van der Waals surface area contributed by atoms with Gasteiger partial charge in [-0.1, -0.05) is 0 Å². The number of nitrogens with one attached hydrogen (secondary N) is 1. The van der Waals surface area contributed by atoms with Crippen LogP contribution in [0.15, 0.2) is 0 Å². The molecule has 1 fully saturated rings. The molecule has 0 atom stereocenters. The molecule has 0 aliphatic heterocycles. The van der Waals surface area contributed by atoms with Gasteiger partial charge in [0, 0.05) is 45.6 Å². The van der Waals surface area contributed by atoms with Gasteiger partial charge in [-0.15, -0.1) is 0 Å². The number of nitrogens with zero attached hydrogens (tertiary/aromatic N) is 2. The summed E-state index contributed by atoms with van der Waals surface area (Å²) < 4.78 is 5.01. The molecular weight excluding hydrogens is 218 g/mol. The Bertz CT molecular complexity index is 271. The van der Waals surface area contributed by atoms with Crippen LogP contribution >= 0.6 is 0 Å². The molecule has 1 amide bonds. The lowest BCUT2D eigenvalue weighted by Crippen LogP contribution is -2.34. The van der Waals surface area contributed by atoms with E-state index in [-0.39, 0.29) is 5.91 Å². The number of nitriles is 1. The summed E-state index contributed by atoms with van der Waals surface area (Å²) in [5.74, 6) is 0.117. The summed E-state index contributed by atoms with van der Waals surface area (Å²) in [7, 11) is 1.66. The molecule has 5 heteroatoms. The molecule has 1 saturated carbocycles. The Labute approximate surface area is 103 Å². The Morgan fingerprint density at radius 1 is 1.47 bits per heavy atom. The molecule has 0 bridgehead atoms. The van der Waals surface area contributed by atoms with Crippen LogP contribution in [0.5, 0.6) is 0 Å². The topological polar surface area (TPSA) is 65.4 Å². The van der Waals surface area contributed by atoms with E-state index in [1.54, 1.807) is 7.11 Å². The summed E-state index contributed by atoms with van der Waals surface area (Å²) in [6, 6.07) is 2.55. The Balaban J connectivity index is 2.16. The van der Waals surface area contributed by atoms with E-state index < -0.39 is 0 Å². The van der Waals surface area contributed by atoms with Crippen LogP contribution in [0.25, 0.3) is 0 Å². The maximum Gasteiger partial charge on any atom is 0.221 e. The molecule has 0 aromatic rings. The van der Waals surface area contributed by atoms with Crippen molar-refractivity contribution in [2.24, 2.45) is 0 Å².